The lowest BCUT2D eigenvalue weighted by Gasteiger charge is -2.10. The van der Waals surface area contributed by atoms with Crippen LogP contribution in [0.4, 0.5) is 11.5 Å². The first-order chi connectivity index (χ1) is 8.50. The van der Waals surface area contributed by atoms with Crippen LogP contribution < -0.4 is 22.3 Å². The van der Waals surface area contributed by atoms with E-state index in [0.717, 1.165) is 10.6 Å². The number of hydrogen-bond acceptors (Lipinski definition) is 6. The number of hydrogen-bond donors (Lipinski definition) is 3. The molecular formula is C10H13N5O2S. The molecule has 8 heteroatoms. The monoisotopic (exact) mass is 267 g/mol. The minimum Gasteiger partial charge on any atom is -0.383 e. The largest absolute Gasteiger partial charge is 0.383 e. The zero-order valence-corrected chi connectivity index (χ0v) is 10.8. The Kier molecular flexibility index (Phi) is 3.19. The predicted octanol–water partition coefficient (Wildman–Crippen LogP) is 0.0328. The van der Waals surface area contributed by atoms with Gasteiger partial charge in [0.15, 0.2) is 0 Å². The Morgan fingerprint density at radius 1 is 1.56 bits per heavy atom. The van der Waals surface area contributed by atoms with Gasteiger partial charge in [-0.1, -0.05) is 0 Å². The Balaban J connectivity index is 2.31. The van der Waals surface area contributed by atoms with Gasteiger partial charge >= 0.3 is 5.69 Å². The number of nitrogens with zero attached hydrogens (tertiary/aromatic N) is 2. The maximum absolute atomic E-state index is 11.6. The number of nitrogens with one attached hydrogen (secondary N) is 2. The molecule has 0 amide bonds. The van der Waals surface area contributed by atoms with Crippen molar-refractivity contribution in [3.63, 3.8) is 0 Å². The molecule has 0 fully saturated rings. The van der Waals surface area contributed by atoms with E-state index in [1.54, 1.807) is 5.51 Å². The summed E-state index contributed by atoms with van der Waals surface area (Å²) in [7, 11) is 1.50. The highest BCUT2D eigenvalue weighted by atomic mass is 32.1. The number of aryl methyl sites for hydroxylation is 1. The average Bonchev–Trinajstić information content (AvgIpc) is 2.72. The number of thiazole rings is 1. The van der Waals surface area contributed by atoms with Crippen LogP contribution in [0.1, 0.15) is 10.6 Å². The molecule has 0 spiro atoms. The summed E-state index contributed by atoms with van der Waals surface area (Å²) in [6.45, 7) is 2.34. The highest BCUT2D eigenvalue weighted by molar-refractivity contribution is 7.09. The van der Waals surface area contributed by atoms with Gasteiger partial charge in [-0.2, -0.15) is 0 Å². The van der Waals surface area contributed by atoms with Crippen LogP contribution in [0.3, 0.4) is 0 Å². The third-order valence-electron chi connectivity index (χ3n) is 2.64. The van der Waals surface area contributed by atoms with E-state index in [1.165, 1.54) is 23.0 Å². The minimum absolute atomic E-state index is 0.117. The highest BCUT2D eigenvalue weighted by Crippen LogP contribution is 2.15. The van der Waals surface area contributed by atoms with Crippen molar-refractivity contribution in [2.24, 2.45) is 7.05 Å². The topological polar surface area (TPSA) is 106 Å². The number of aromatic amines is 1. The van der Waals surface area contributed by atoms with Crippen LogP contribution in [0, 0.1) is 6.92 Å². The summed E-state index contributed by atoms with van der Waals surface area (Å²) in [4.78, 5) is 30.2. The fourth-order valence-electron chi connectivity index (χ4n) is 1.47. The third kappa shape index (κ3) is 2.14. The summed E-state index contributed by atoms with van der Waals surface area (Å²) < 4.78 is 1.18. The van der Waals surface area contributed by atoms with Crippen LogP contribution in [-0.4, -0.2) is 14.5 Å². The van der Waals surface area contributed by atoms with Crippen molar-refractivity contribution in [2.75, 3.05) is 11.1 Å². The Bertz CT molecular complexity index is 684. The summed E-state index contributed by atoms with van der Waals surface area (Å²) in [5, 5.41) is 2.93. The summed E-state index contributed by atoms with van der Waals surface area (Å²) in [6, 6.07) is 0. The summed E-state index contributed by atoms with van der Waals surface area (Å²) in [5.74, 6) is 0.117. The molecule has 0 bridgehead atoms. The number of H-pyrrole nitrogens is 1. The Hall–Kier alpha value is -2.09. The Labute approximate surface area is 106 Å². The lowest BCUT2D eigenvalue weighted by Crippen LogP contribution is -2.32. The van der Waals surface area contributed by atoms with E-state index < -0.39 is 11.2 Å². The van der Waals surface area contributed by atoms with Crippen LogP contribution in [0.25, 0.3) is 0 Å². The summed E-state index contributed by atoms with van der Waals surface area (Å²) >= 11 is 1.49. The summed E-state index contributed by atoms with van der Waals surface area (Å²) in [6.07, 6.45) is 0. The van der Waals surface area contributed by atoms with Crippen LogP contribution in [0.5, 0.6) is 0 Å². The molecule has 2 heterocycles. The van der Waals surface area contributed by atoms with Gasteiger partial charge in [0.2, 0.25) is 0 Å². The van der Waals surface area contributed by atoms with E-state index in [4.69, 9.17) is 5.73 Å². The number of aromatic nitrogens is 3. The Morgan fingerprint density at radius 2 is 2.28 bits per heavy atom. The second-order valence-electron chi connectivity index (χ2n) is 3.79. The molecule has 7 nitrogen and oxygen atoms in total. The zero-order chi connectivity index (χ0) is 13.3. The fraction of sp³-hybridized carbons (Fsp3) is 0.300. The fourth-order valence-corrected chi connectivity index (χ4v) is 2.19. The smallest absolute Gasteiger partial charge is 0.329 e. The van der Waals surface area contributed by atoms with Gasteiger partial charge < -0.3 is 11.1 Å². The van der Waals surface area contributed by atoms with Gasteiger partial charge in [-0.05, 0) is 6.92 Å². The minimum atomic E-state index is -0.531. The number of anilines is 2. The lowest BCUT2D eigenvalue weighted by atomic mass is 10.3. The van der Waals surface area contributed by atoms with E-state index in [0.29, 0.717) is 6.54 Å². The second-order valence-corrected chi connectivity index (χ2v) is 4.73. The van der Waals surface area contributed by atoms with Crippen LogP contribution in [0.2, 0.25) is 0 Å². The SMILES string of the molecule is Cc1ncsc1CNc1c(N)n(C)c(=O)[nH]c1=O. The number of nitrogen functional groups attached to an aromatic ring is 1. The molecule has 0 atom stereocenters. The molecular weight excluding hydrogens is 254 g/mol. The summed E-state index contributed by atoms with van der Waals surface area (Å²) in [5.41, 5.74) is 7.53. The molecule has 2 aromatic rings. The van der Waals surface area contributed by atoms with Gasteiger partial charge in [-0.25, -0.2) is 9.78 Å². The van der Waals surface area contributed by atoms with Crippen LogP contribution in [-0.2, 0) is 13.6 Å². The highest BCUT2D eigenvalue weighted by Gasteiger charge is 2.10. The molecule has 0 unspecified atom stereocenters. The molecule has 96 valence electrons. The second kappa shape index (κ2) is 4.65. The molecule has 0 aliphatic rings. The van der Waals surface area contributed by atoms with Gasteiger partial charge in [0.05, 0.1) is 17.7 Å². The molecule has 0 radical (unpaired) electrons. The first kappa shape index (κ1) is 12.4. The molecule has 4 N–H and O–H groups in total. The van der Waals surface area contributed by atoms with Crippen LogP contribution >= 0.6 is 11.3 Å². The normalized spacial score (nSPS) is 10.6. The van der Waals surface area contributed by atoms with Crippen molar-refractivity contribution in [1.82, 2.24) is 14.5 Å². The van der Waals surface area contributed by atoms with Gasteiger partial charge in [-0.3, -0.25) is 14.3 Å². The van der Waals surface area contributed by atoms with E-state index >= 15 is 0 Å². The Morgan fingerprint density at radius 3 is 2.89 bits per heavy atom. The zero-order valence-electron chi connectivity index (χ0n) is 9.98. The van der Waals surface area contributed by atoms with Gasteiger partial charge in [0, 0.05) is 11.9 Å². The van der Waals surface area contributed by atoms with Crippen molar-refractivity contribution in [3.05, 3.63) is 36.9 Å². The van der Waals surface area contributed by atoms with E-state index in [2.05, 4.69) is 15.3 Å². The first-order valence-electron chi connectivity index (χ1n) is 5.22. The third-order valence-corrected chi connectivity index (χ3v) is 3.58. The van der Waals surface area contributed by atoms with E-state index in [-0.39, 0.29) is 11.5 Å². The number of rotatable bonds is 3. The van der Waals surface area contributed by atoms with E-state index in [1.807, 2.05) is 6.92 Å². The maximum atomic E-state index is 11.6. The van der Waals surface area contributed by atoms with Gasteiger partial charge in [0.25, 0.3) is 5.56 Å². The molecule has 2 aromatic heterocycles. The standard InChI is InChI=1S/C10H13N5O2S/c1-5-6(18-4-13-5)3-12-7-8(11)15(2)10(17)14-9(7)16/h4,12H,3,11H2,1-2H3,(H,14,16,17). The predicted molar refractivity (Wildman–Crippen MR) is 70.9 cm³/mol. The van der Waals surface area contributed by atoms with Crippen molar-refractivity contribution in [3.8, 4) is 0 Å². The molecule has 0 aliphatic carbocycles. The van der Waals surface area contributed by atoms with Gasteiger partial charge in [0.1, 0.15) is 11.5 Å². The van der Waals surface area contributed by atoms with Crippen molar-refractivity contribution in [2.45, 2.75) is 13.5 Å². The van der Waals surface area contributed by atoms with Gasteiger partial charge in [-0.15, -0.1) is 11.3 Å². The molecule has 0 saturated carbocycles. The number of nitrogens with two attached hydrogens (primary N) is 1. The van der Waals surface area contributed by atoms with Crippen LogP contribution in [0.15, 0.2) is 15.1 Å². The average molecular weight is 267 g/mol. The molecule has 0 aromatic carbocycles. The maximum Gasteiger partial charge on any atom is 0.329 e. The quantitative estimate of drug-likeness (QED) is 0.727. The first-order valence-corrected chi connectivity index (χ1v) is 6.10. The molecule has 2 rings (SSSR count). The van der Waals surface area contributed by atoms with Crippen molar-refractivity contribution in [1.29, 1.82) is 0 Å². The molecule has 18 heavy (non-hydrogen) atoms. The molecule has 0 aliphatic heterocycles. The lowest BCUT2D eigenvalue weighted by molar-refractivity contribution is 0.812. The molecule has 0 saturated heterocycles. The van der Waals surface area contributed by atoms with Crippen molar-refractivity contribution < 1.29 is 0 Å². The van der Waals surface area contributed by atoms with E-state index in [9.17, 15) is 9.59 Å². The van der Waals surface area contributed by atoms with Crippen molar-refractivity contribution >= 4 is 22.8 Å².